The van der Waals surface area contributed by atoms with Crippen molar-refractivity contribution in [3.05, 3.63) is 23.4 Å². The number of carbonyl (C=O) groups is 2. The number of esters is 1. The van der Waals surface area contributed by atoms with Crippen molar-refractivity contribution in [3.8, 4) is 0 Å². The Kier molecular flexibility index (Phi) is 9.08. The first-order valence-corrected chi connectivity index (χ1v) is 10.8. The fourth-order valence-corrected chi connectivity index (χ4v) is 3.41. The number of nitrogens with one attached hydrogen (secondary N) is 1. The van der Waals surface area contributed by atoms with E-state index in [9.17, 15) is 9.59 Å². The molecule has 0 aliphatic carbocycles. The maximum Gasteiger partial charge on any atom is 0.345 e. The molecule has 168 valence electrons. The van der Waals surface area contributed by atoms with Gasteiger partial charge in [0.1, 0.15) is 11.7 Å². The van der Waals surface area contributed by atoms with Gasteiger partial charge in [0.05, 0.1) is 17.9 Å². The summed E-state index contributed by atoms with van der Waals surface area (Å²) in [6.45, 7) is 10.1. The minimum Gasteiger partial charge on any atom is -0.462 e. The lowest BCUT2D eigenvalue weighted by Crippen LogP contribution is -2.38. The van der Waals surface area contributed by atoms with E-state index in [1.165, 1.54) is 0 Å². The summed E-state index contributed by atoms with van der Waals surface area (Å²) in [5, 5.41) is 3.32. The molecule has 0 bridgehead atoms. The highest BCUT2D eigenvalue weighted by Gasteiger charge is 2.22. The van der Waals surface area contributed by atoms with Crippen LogP contribution in [0.2, 0.25) is 0 Å². The highest BCUT2D eigenvalue weighted by atomic mass is 16.5. The second-order valence-electron chi connectivity index (χ2n) is 8.02. The highest BCUT2D eigenvalue weighted by molar-refractivity contribution is 5.93. The molecule has 0 radical (unpaired) electrons. The Hall–Kier alpha value is -2.64. The highest BCUT2D eigenvalue weighted by Crippen LogP contribution is 2.22. The number of nitrogens with zero attached hydrogens (tertiary/aromatic N) is 3. The molecule has 1 saturated heterocycles. The molecule has 8 nitrogen and oxygen atoms in total. The summed E-state index contributed by atoms with van der Waals surface area (Å²) in [7, 11) is 0. The molecule has 0 spiro atoms. The SMILES string of the molecule is CCOC(=O)c1ccc(NCCCC2CCN(C(=O)/N=C(\N)C(C)C)CC2)nc1C.[HH]. The van der Waals surface area contributed by atoms with E-state index in [0.29, 0.717) is 29.6 Å². The predicted molar refractivity (Wildman–Crippen MR) is 121 cm³/mol. The van der Waals surface area contributed by atoms with Crippen LogP contribution in [0, 0.1) is 18.8 Å². The average Bonchev–Trinajstić information content (AvgIpc) is 2.71. The third kappa shape index (κ3) is 7.00. The van der Waals surface area contributed by atoms with Gasteiger partial charge in [-0.2, -0.15) is 4.99 Å². The van der Waals surface area contributed by atoms with Crippen molar-refractivity contribution in [3.63, 3.8) is 0 Å². The monoisotopic (exact) mass is 419 g/mol. The first-order chi connectivity index (χ1) is 14.3. The van der Waals surface area contributed by atoms with E-state index in [1.54, 1.807) is 17.9 Å². The first kappa shape index (κ1) is 23.6. The van der Waals surface area contributed by atoms with E-state index >= 15 is 0 Å². The minimum atomic E-state index is -0.337. The maximum absolute atomic E-state index is 12.2. The number of carbonyl (C=O) groups excluding carboxylic acids is 2. The van der Waals surface area contributed by atoms with Crippen molar-refractivity contribution in [1.29, 1.82) is 0 Å². The van der Waals surface area contributed by atoms with E-state index in [4.69, 9.17) is 10.5 Å². The molecule has 1 fully saturated rings. The van der Waals surface area contributed by atoms with Crippen molar-refractivity contribution in [2.75, 3.05) is 31.6 Å². The number of anilines is 1. The van der Waals surface area contributed by atoms with Gasteiger partial charge in [-0.15, -0.1) is 0 Å². The van der Waals surface area contributed by atoms with E-state index in [2.05, 4.69) is 15.3 Å². The van der Waals surface area contributed by atoms with E-state index in [-0.39, 0.29) is 19.3 Å². The summed E-state index contributed by atoms with van der Waals surface area (Å²) in [4.78, 5) is 34.3. The molecule has 0 atom stereocenters. The summed E-state index contributed by atoms with van der Waals surface area (Å²) < 4.78 is 5.03. The standard InChI is InChI=1S/C22H35N5O3.H2/c1-5-30-21(28)18-8-9-19(25-16(18)4)24-12-6-7-17-10-13-27(14-11-17)22(29)26-20(23)15(2)3;/h8-9,15,17H,5-7,10-14H2,1-4H3,(H,24,25)(H2,23,26,29);1H. The van der Waals surface area contributed by atoms with Crippen LogP contribution in [0.15, 0.2) is 17.1 Å². The minimum absolute atomic E-state index is 0. The molecule has 2 amide bonds. The van der Waals surface area contributed by atoms with Gasteiger partial charge in [0.25, 0.3) is 0 Å². The molecule has 8 heteroatoms. The van der Waals surface area contributed by atoms with Gasteiger partial charge in [-0.25, -0.2) is 14.6 Å². The van der Waals surface area contributed by atoms with Crippen molar-refractivity contribution < 1.29 is 15.8 Å². The largest absolute Gasteiger partial charge is 0.462 e. The molecule has 2 rings (SSSR count). The summed E-state index contributed by atoms with van der Waals surface area (Å²) in [5.74, 6) is 1.52. The number of hydrogen-bond donors (Lipinski definition) is 2. The van der Waals surface area contributed by atoms with Gasteiger partial charge in [-0.1, -0.05) is 13.8 Å². The van der Waals surface area contributed by atoms with Crippen LogP contribution in [0.1, 0.15) is 63.9 Å². The van der Waals surface area contributed by atoms with Crippen LogP contribution in [-0.4, -0.2) is 54.0 Å². The van der Waals surface area contributed by atoms with Crippen LogP contribution in [0.25, 0.3) is 0 Å². The summed E-state index contributed by atoms with van der Waals surface area (Å²) >= 11 is 0. The van der Waals surface area contributed by atoms with Gasteiger partial charge in [-0.05, 0) is 57.6 Å². The van der Waals surface area contributed by atoms with Crippen molar-refractivity contribution in [1.82, 2.24) is 9.88 Å². The number of urea groups is 1. The van der Waals surface area contributed by atoms with Crippen molar-refractivity contribution in [2.24, 2.45) is 22.6 Å². The molecule has 0 saturated carbocycles. The molecule has 2 heterocycles. The number of pyridine rings is 1. The van der Waals surface area contributed by atoms with Crippen LogP contribution in [0.5, 0.6) is 0 Å². The topological polar surface area (TPSA) is 110 Å². The third-order valence-electron chi connectivity index (χ3n) is 5.38. The molecule has 1 aliphatic rings. The third-order valence-corrected chi connectivity index (χ3v) is 5.38. The normalized spacial score (nSPS) is 15.4. The molecule has 0 unspecified atom stereocenters. The molecule has 30 heavy (non-hydrogen) atoms. The van der Waals surface area contributed by atoms with E-state index < -0.39 is 0 Å². The molecule has 1 aromatic rings. The predicted octanol–water partition coefficient (Wildman–Crippen LogP) is 3.85. The second kappa shape index (κ2) is 11.5. The van der Waals surface area contributed by atoms with Crippen molar-refractivity contribution in [2.45, 2.75) is 53.4 Å². The quantitative estimate of drug-likeness (QED) is 0.287. The van der Waals surface area contributed by atoms with Crippen LogP contribution < -0.4 is 11.1 Å². The molecular formula is C22H37N5O3. The number of hydrogen-bond acceptors (Lipinski definition) is 5. The second-order valence-corrected chi connectivity index (χ2v) is 8.02. The zero-order valence-corrected chi connectivity index (χ0v) is 18.6. The van der Waals surface area contributed by atoms with Crippen LogP contribution >= 0.6 is 0 Å². The number of rotatable bonds is 8. The zero-order valence-electron chi connectivity index (χ0n) is 18.6. The molecule has 3 N–H and O–H groups in total. The molecule has 1 aliphatic heterocycles. The zero-order chi connectivity index (χ0) is 22.1. The first-order valence-electron chi connectivity index (χ1n) is 10.8. The van der Waals surface area contributed by atoms with E-state index in [0.717, 1.165) is 51.1 Å². The van der Waals surface area contributed by atoms with Crippen LogP contribution in [-0.2, 0) is 4.74 Å². The number of nitrogens with two attached hydrogens (primary N) is 1. The number of aliphatic imine (C=N–C) groups is 1. The lowest BCUT2D eigenvalue weighted by Gasteiger charge is -2.31. The van der Waals surface area contributed by atoms with E-state index in [1.807, 2.05) is 26.8 Å². The summed E-state index contributed by atoms with van der Waals surface area (Å²) in [6, 6.07) is 3.35. The number of aryl methyl sites for hydroxylation is 1. The maximum atomic E-state index is 12.2. The Balaban J connectivity index is 0.00000480. The van der Waals surface area contributed by atoms with Crippen LogP contribution in [0.4, 0.5) is 10.6 Å². The van der Waals surface area contributed by atoms with Gasteiger partial charge in [0, 0.05) is 27.0 Å². The van der Waals surface area contributed by atoms with Gasteiger partial charge < -0.3 is 20.7 Å². The van der Waals surface area contributed by atoms with Gasteiger partial charge >= 0.3 is 12.0 Å². The summed E-state index contributed by atoms with van der Waals surface area (Å²) in [5.41, 5.74) is 6.96. The fourth-order valence-electron chi connectivity index (χ4n) is 3.41. The number of amidine groups is 1. The number of aromatic nitrogens is 1. The lowest BCUT2D eigenvalue weighted by atomic mass is 9.92. The number of ether oxygens (including phenoxy) is 1. The number of amides is 2. The van der Waals surface area contributed by atoms with Gasteiger partial charge in [-0.3, -0.25) is 0 Å². The Bertz CT molecular complexity index is 762. The Morgan fingerprint density at radius 1 is 1.37 bits per heavy atom. The van der Waals surface area contributed by atoms with Crippen LogP contribution in [0.3, 0.4) is 0 Å². The van der Waals surface area contributed by atoms with Gasteiger partial charge in [0.15, 0.2) is 0 Å². The molecule has 0 aromatic carbocycles. The Morgan fingerprint density at radius 3 is 2.67 bits per heavy atom. The Labute approximate surface area is 180 Å². The van der Waals surface area contributed by atoms with Gasteiger partial charge in [0.2, 0.25) is 0 Å². The summed E-state index contributed by atoms with van der Waals surface area (Å²) in [6.07, 6.45) is 4.12. The number of likely N-dealkylation sites (tertiary alicyclic amines) is 1. The van der Waals surface area contributed by atoms with Crippen molar-refractivity contribution >= 4 is 23.7 Å². The smallest absolute Gasteiger partial charge is 0.345 e. The number of piperidine rings is 1. The molecular weight excluding hydrogens is 382 g/mol. The fraction of sp³-hybridized carbons (Fsp3) is 0.636. The average molecular weight is 420 g/mol. The Morgan fingerprint density at radius 2 is 2.07 bits per heavy atom. The lowest BCUT2D eigenvalue weighted by molar-refractivity contribution is 0.0525. The molecule has 1 aromatic heterocycles.